The summed E-state index contributed by atoms with van der Waals surface area (Å²) in [5, 5.41) is 18.4. The summed E-state index contributed by atoms with van der Waals surface area (Å²) >= 11 is 0. The summed E-state index contributed by atoms with van der Waals surface area (Å²) in [6.07, 6.45) is 4.23. The molecule has 2 aromatic heterocycles. The van der Waals surface area contributed by atoms with Crippen LogP contribution in [0.2, 0.25) is 0 Å². The SMILES string of the molecule is N#Cc1cnc2[nH]c(CCCCO)cc2c1. The number of aromatic nitrogens is 2. The van der Waals surface area contributed by atoms with Gasteiger partial charge in [-0.05, 0) is 31.4 Å². The molecule has 0 aliphatic heterocycles. The van der Waals surface area contributed by atoms with Crippen molar-refractivity contribution in [2.24, 2.45) is 0 Å². The van der Waals surface area contributed by atoms with Crippen LogP contribution >= 0.6 is 0 Å². The highest BCUT2D eigenvalue weighted by Crippen LogP contribution is 2.15. The topological polar surface area (TPSA) is 72.7 Å². The zero-order chi connectivity index (χ0) is 11.4. The monoisotopic (exact) mass is 215 g/mol. The molecule has 2 N–H and O–H groups in total. The van der Waals surface area contributed by atoms with Gasteiger partial charge in [0.1, 0.15) is 11.7 Å². The van der Waals surface area contributed by atoms with Crippen molar-refractivity contribution in [3.63, 3.8) is 0 Å². The van der Waals surface area contributed by atoms with Crippen LogP contribution in [0.4, 0.5) is 0 Å². The van der Waals surface area contributed by atoms with Gasteiger partial charge in [0.2, 0.25) is 0 Å². The Morgan fingerprint density at radius 2 is 2.25 bits per heavy atom. The van der Waals surface area contributed by atoms with E-state index in [-0.39, 0.29) is 6.61 Å². The highest BCUT2D eigenvalue weighted by Gasteiger charge is 2.02. The van der Waals surface area contributed by atoms with Crippen molar-refractivity contribution in [1.82, 2.24) is 9.97 Å². The van der Waals surface area contributed by atoms with E-state index in [1.165, 1.54) is 0 Å². The molecular weight excluding hydrogens is 202 g/mol. The Bertz CT molecular complexity index is 525. The smallest absolute Gasteiger partial charge is 0.137 e. The van der Waals surface area contributed by atoms with Gasteiger partial charge in [-0.2, -0.15) is 5.26 Å². The summed E-state index contributed by atoms with van der Waals surface area (Å²) in [5.41, 5.74) is 2.50. The molecule has 0 saturated heterocycles. The minimum atomic E-state index is 0.233. The predicted molar refractivity (Wildman–Crippen MR) is 60.8 cm³/mol. The Morgan fingerprint density at radius 1 is 1.38 bits per heavy atom. The van der Waals surface area contributed by atoms with E-state index in [1.54, 1.807) is 6.20 Å². The number of aromatic amines is 1. The first-order valence-electron chi connectivity index (χ1n) is 5.32. The van der Waals surface area contributed by atoms with Gasteiger partial charge in [-0.25, -0.2) is 4.98 Å². The molecule has 4 nitrogen and oxygen atoms in total. The number of nitriles is 1. The third kappa shape index (κ3) is 2.20. The highest BCUT2D eigenvalue weighted by molar-refractivity contribution is 5.77. The standard InChI is InChI=1S/C12H13N3O/c13-7-9-5-10-6-11(3-1-2-4-16)15-12(10)14-8-9/h5-6,8,16H,1-4H2,(H,14,15). The fourth-order valence-electron chi connectivity index (χ4n) is 1.70. The van der Waals surface area contributed by atoms with Gasteiger partial charge in [-0.1, -0.05) is 0 Å². The molecule has 0 aliphatic rings. The molecule has 0 aliphatic carbocycles. The minimum absolute atomic E-state index is 0.233. The average molecular weight is 215 g/mol. The van der Waals surface area contributed by atoms with Crippen molar-refractivity contribution in [2.75, 3.05) is 6.61 Å². The van der Waals surface area contributed by atoms with Gasteiger partial charge in [0, 0.05) is 23.9 Å². The number of nitrogens with one attached hydrogen (secondary N) is 1. The molecule has 2 rings (SSSR count). The van der Waals surface area contributed by atoms with E-state index in [0.29, 0.717) is 5.56 Å². The van der Waals surface area contributed by atoms with E-state index in [1.807, 2.05) is 12.1 Å². The minimum Gasteiger partial charge on any atom is -0.396 e. The van der Waals surface area contributed by atoms with Crippen LogP contribution in [0.25, 0.3) is 11.0 Å². The molecular formula is C12H13N3O. The number of unbranched alkanes of at least 4 members (excludes halogenated alkanes) is 1. The predicted octanol–water partition coefficient (Wildman–Crippen LogP) is 1.75. The second-order valence-corrected chi connectivity index (χ2v) is 3.75. The number of pyridine rings is 1. The van der Waals surface area contributed by atoms with Crippen molar-refractivity contribution in [3.05, 3.63) is 29.6 Å². The lowest BCUT2D eigenvalue weighted by Gasteiger charge is -1.94. The molecule has 0 bridgehead atoms. The first-order chi connectivity index (χ1) is 7.83. The summed E-state index contributed by atoms with van der Waals surface area (Å²) in [5.74, 6) is 0. The first-order valence-corrected chi connectivity index (χ1v) is 5.32. The number of nitrogens with zero attached hydrogens (tertiary/aromatic N) is 2. The number of H-pyrrole nitrogens is 1. The van der Waals surface area contributed by atoms with E-state index < -0.39 is 0 Å². The normalized spacial score (nSPS) is 10.5. The van der Waals surface area contributed by atoms with Gasteiger partial charge < -0.3 is 10.1 Å². The molecule has 0 radical (unpaired) electrons. The van der Waals surface area contributed by atoms with Crippen LogP contribution < -0.4 is 0 Å². The van der Waals surface area contributed by atoms with E-state index in [4.69, 9.17) is 10.4 Å². The molecule has 2 aromatic rings. The van der Waals surface area contributed by atoms with E-state index in [0.717, 1.165) is 36.0 Å². The van der Waals surface area contributed by atoms with Crippen molar-refractivity contribution in [3.8, 4) is 6.07 Å². The molecule has 16 heavy (non-hydrogen) atoms. The molecule has 0 aromatic carbocycles. The first kappa shape index (κ1) is 10.7. The quantitative estimate of drug-likeness (QED) is 0.763. The number of aliphatic hydroxyl groups is 1. The summed E-state index contributed by atoms with van der Waals surface area (Å²) in [6.45, 7) is 0.233. The third-order valence-electron chi connectivity index (χ3n) is 2.51. The largest absolute Gasteiger partial charge is 0.396 e. The molecule has 2 heterocycles. The molecule has 4 heteroatoms. The Balaban J connectivity index is 2.20. The van der Waals surface area contributed by atoms with Crippen molar-refractivity contribution in [1.29, 1.82) is 5.26 Å². The lowest BCUT2D eigenvalue weighted by atomic mass is 10.2. The maximum absolute atomic E-state index is 8.75. The van der Waals surface area contributed by atoms with Crippen LogP contribution in [0.1, 0.15) is 24.1 Å². The van der Waals surface area contributed by atoms with Gasteiger partial charge >= 0.3 is 0 Å². The zero-order valence-electron chi connectivity index (χ0n) is 8.90. The lowest BCUT2D eigenvalue weighted by Crippen LogP contribution is -1.88. The number of aryl methyl sites for hydroxylation is 1. The molecule has 0 fully saturated rings. The van der Waals surface area contributed by atoms with Gasteiger partial charge in [0.15, 0.2) is 0 Å². The summed E-state index contributed by atoms with van der Waals surface area (Å²) < 4.78 is 0. The van der Waals surface area contributed by atoms with Crippen LogP contribution in [0, 0.1) is 11.3 Å². The van der Waals surface area contributed by atoms with E-state index in [2.05, 4.69) is 16.0 Å². The number of aliphatic hydroxyl groups excluding tert-OH is 1. The van der Waals surface area contributed by atoms with Crippen LogP contribution in [-0.4, -0.2) is 21.7 Å². The van der Waals surface area contributed by atoms with Crippen LogP contribution in [0.5, 0.6) is 0 Å². The van der Waals surface area contributed by atoms with Crippen LogP contribution in [0.15, 0.2) is 18.3 Å². The average Bonchev–Trinajstić information content (AvgIpc) is 2.70. The maximum Gasteiger partial charge on any atom is 0.137 e. The molecule has 82 valence electrons. The summed E-state index contributed by atoms with van der Waals surface area (Å²) in [4.78, 5) is 7.38. The van der Waals surface area contributed by atoms with Gasteiger partial charge in [0.25, 0.3) is 0 Å². The molecule has 0 atom stereocenters. The number of hydrogen-bond acceptors (Lipinski definition) is 3. The van der Waals surface area contributed by atoms with Crippen LogP contribution in [0.3, 0.4) is 0 Å². The maximum atomic E-state index is 8.75. The molecule has 0 saturated carbocycles. The molecule has 0 spiro atoms. The summed E-state index contributed by atoms with van der Waals surface area (Å²) in [7, 11) is 0. The highest BCUT2D eigenvalue weighted by atomic mass is 16.2. The van der Waals surface area contributed by atoms with Crippen molar-refractivity contribution < 1.29 is 5.11 Å². The van der Waals surface area contributed by atoms with E-state index in [9.17, 15) is 0 Å². The fourth-order valence-corrected chi connectivity index (χ4v) is 1.70. The second-order valence-electron chi connectivity index (χ2n) is 3.75. The van der Waals surface area contributed by atoms with Gasteiger partial charge in [-0.15, -0.1) is 0 Å². The number of rotatable bonds is 4. The Kier molecular flexibility index (Phi) is 3.18. The Labute approximate surface area is 93.6 Å². The van der Waals surface area contributed by atoms with E-state index >= 15 is 0 Å². The third-order valence-corrected chi connectivity index (χ3v) is 2.51. The molecule has 0 unspecified atom stereocenters. The fraction of sp³-hybridized carbons (Fsp3) is 0.333. The zero-order valence-corrected chi connectivity index (χ0v) is 8.90. The summed E-state index contributed by atoms with van der Waals surface area (Å²) in [6, 6.07) is 5.91. The van der Waals surface area contributed by atoms with Crippen molar-refractivity contribution in [2.45, 2.75) is 19.3 Å². The molecule has 0 amide bonds. The Morgan fingerprint density at radius 3 is 3.00 bits per heavy atom. The van der Waals surface area contributed by atoms with Crippen LogP contribution in [-0.2, 0) is 6.42 Å². The lowest BCUT2D eigenvalue weighted by molar-refractivity contribution is 0.284. The van der Waals surface area contributed by atoms with Gasteiger partial charge in [-0.3, -0.25) is 0 Å². The number of fused-ring (bicyclic) bond motifs is 1. The van der Waals surface area contributed by atoms with Crippen molar-refractivity contribution >= 4 is 11.0 Å². The Hall–Kier alpha value is -1.86. The number of hydrogen-bond donors (Lipinski definition) is 2. The second kappa shape index (κ2) is 4.77. The van der Waals surface area contributed by atoms with Gasteiger partial charge in [0.05, 0.1) is 5.56 Å².